The lowest BCUT2D eigenvalue weighted by Crippen LogP contribution is -2.29. The van der Waals surface area contributed by atoms with Crippen LogP contribution in [0.1, 0.15) is 99.8 Å². The van der Waals surface area contributed by atoms with Gasteiger partial charge in [-0.2, -0.15) is 0 Å². The number of hydrogen-bond donors (Lipinski definition) is 1. The van der Waals surface area contributed by atoms with Crippen LogP contribution in [0.4, 0.5) is 0 Å². The molecule has 31 heavy (non-hydrogen) atoms. The van der Waals surface area contributed by atoms with Crippen molar-refractivity contribution in [2.45, 2.75) is 105 Å². The topological polar surface area (TPSA) is 87.6 Å². The van der Waals surface area contributed by atoms with Crippen LogP contribution in [0.2, 0.25) is 0 Å². The number of alkyl halides is 1. The zero-order valence-electron chi connectivity index (χ0n) is 21.1. The summed E-state index contributed by atoms with van der Waals surface area (Å²) in [6, 6.07) is 0. The Balaban J connectivity index is 0.000000562. The number of halogens is 1. The van der Waals surface area contributed by atoms with Crippen LogP contribution in [0, 0.1) is 29.1 Å². The van der Waals surface area contributed by atoms with Crippen molar-refractivity contribution in [2.24, 2.45) is 29.1 Å². The first kappa shape index (κ1) is 30.2. The van der Waals surface area contributed by atoms with Crippen molar-refractivity contribution in [3.8, 4) is 0 Å². The Hall–Kier alpha value is -0.810. The number of carbonyl (C=O) groups excluding carboxylic acids is 2. The van der Waals surface area contributed by atoms with Crippen LogP contribution in [0.15, 0.2) is 0 Å². The lowest BCUT2D eigenvalue weighted by Gasteiger charge is -2.27. The Kier molecular flexibility index (Phi) is 13.3. The van der Waals surface area contributed by atoms with Crippen LogP contribution in [0.5, 0.6) is 0 Å². The summed E-state index contributed by atoms with van der Waals surface area (Å²) >= 11 is 5.85. The molecular formula is C25H48ClNO4. The molecule has 2 aliphatic carbocycles. The molecule has 0 atom stereocenters. The van der Waals surface area contributed by atoms with Crippen LogP contribution in [-0.2, 0) is 19.1 Å². The van der Waals surface area contributed by atoms with Crippen molar-refractivity contribution < 1.29 is 19.1 Å². The molecule has 0 unspecified atom stereocenters. The molecule has 0 aliphatic heterocycles. The van der Waals surface area contributed by atoms with Crippen molar-refractivity contribution in [3.05, 3.63) is 0 Å². The third-order valence-corrected chi connectivity index (χ3v) is 6.42. The molecule has 0 aromatic rings. The Morgan fingerprint density at radius 3 is 1.32 bits per heavy atom. The standard InChI is InChI=1S/C13H24O2.C12H21ClO2.H3N/c1-10-5-7-11(8-6-10)9-15-12(14)13(2,3)4;1-9-4-6-10(7-5-9)8-15-11(14)12(2,3)13;/h10-11H,5-9H2,1-4H3;9-10H,4-8H2,1-3H3;1H3. The summed E-state index contributed by atoms with van der Waals surface area (Å²) in [6.07, 6.45) is 9.89. The SMILES string of the molecule is CC1CCC(COC(=O)C(C)(C)C)CC1.CC1CCC(COC(=O)C(C)(C)Cl)CC1.N. The van der Waals surface area contributed by atoms with Gasteiger partial charge < -0.3 is 15.6 Å². The Labute approximate surface area is 195 Å². The maximum atomic E-state index is 11.5. The summed E-state index contributed by atoms with van der Waals surface area (Å²) in [7, 11) is 0. The van der Waals surface area contributed by atoms with Crippen molar-refractivity contribution in [1.82, 2.24) is 6.15 Å². The van der Waals surface area contributed by atoms with E-state index in [-0.39, 0.29) is 23.5 Å². The minimum atomic E-state index is -0.887. The zero-order chi connectivity index (χ0) is 22.9. The van der Waals surface area contributed by atoms with Gasteiger partial charge >= 0.3 is 11.9 Å². The van der Waals surface area contributed by atoms with E-state index in [1.807, 2.05) is 20.8 Å². The maximum absolute atomic E-state index is 11.5. The van der Waals surface area contributed by atoms with E-state index < -0.39 is 4.87 Å². The minimum absolute atomic E-state index is 0. The van der Waals surface area contributed by atoms with E-state index in [4.69, 9.17) is 21.1 Å². The first-order valence-electron chi connectivity index (χ1n) is 11.8. The number of rotatable bonds is 5. The predicted molar refractivity (Wildman–Crippen MR) is 129 cm³/mol. The van der Waals surface area contributed by atoms with Gasteiger partial charge in [-0.25, -0.2) is 0 Å². The van der Waals surface area contributed by atoms with Gasteiger partial charge in [0.2, 0.25) is 0 Å². The molecule has 0 heterocycles. The molecule has 184 valence electrons. The third kappa shape index (κ3) is 12.7. The molecule has 0 spiro atoms. The van der Waals surface area contributed by atoms with Gasteiger partial charge in [-0.05, 0) is 84.0 Å². The summed E-state index contributed by atoms with van der Waals surface area (Å²) in [5.41, 5.74) is -0.359. The summed E-state index contributed by atoms with van der Waals surface area (Å²) in [4.78, 5) is 22.1. The molecule has 0 aromatic carbocycles. The number of esters is 2. The second-order valence-electron chi connectivity index (χ2n) is 11.2. The molecule has 3 N–H and O–H groups in total. The molecule has 5 nitrogen and oxygen atoms in total. The van der Waals surface area contributed by atoms with E-state index in [9.17, 15) is 9.59 Å². The van der Waals surface area contributed by atoms with Gasteiger partial charge in [0.05, 0.1) is 18.6 Å². The van der Waals surface area contributed by atoms with Crippen LogP contribution in [0.25, 0.3) is 0 Å². The number of ether oxygens (including phenoxy) is 2. The van der Waals surface area contributed by atoms with Crippen molar-refractivity contribution in [3.63, 3.8) is 0 Å². The van der Waals surface area contributed by atoms with E-state index >= 15 is 0 Å². The summed E-state index contributed by atoms with van der Waals surface area (Å²) < 4.78 is 10.6. The summed E-state index contributed by atoms with van der Waals surface area (Å²) in [6.45, 7) is 14.8. The highest BCUT2D eigenvalue weighted by molar-refractivity contribution is 6.33. The average molecular weight is 462 g/mol. The van der Waals surface area contributed by atoms with Crippen molar-refractivity contribution in [2.75, 3.05) is 13.2 Å². The second-order valence-corrected chi connectivity index (χ2v) is 12.1. The first-order valence-corrected chi connectivity index (χ1v) is 12.2. The summed E-state index contributed by atoms with van der Waals surface area (Å²) in [5, 5.41) is 0. The molecule has 6 heteroatoms. The average Bonchev–Trinajstić information content (AvgIpc) is 2.65. The largest absolute Gasteiger partial charge is 0.465 e. The normalized spacial score (nSPS) is 26.6. The van der Waals surface area contributed by atoms with Gasteiger partial charge in [0.25, 0.3) is 0 Å². The molecule has 0 radical (unpaired) electrons. The molecule has 0 bridgehead atoms. The van der Waals surface area contributed by atoms with Gasteiger partial charge in [-0.3, -0.25) is 9.59 Å². The van der Waals surface area contributed by atoms with E-state index in [2.05, 4.69) is 13.8 Å². The Morgan fingerprint density at radius 2 is 1.03 bits per heavy atom. The Bertz CT molecular complexity index is 475. The van der Waals surface area contributed by atoms with Crippen molar-refractivity contribution >= 4 is 23.5 Å². The fraction of sp³-hybridized carbons (Fsp3) is 0.920. The molecular weight excluding hydrogens is 414 g/mol. The lowest BCUT2D eigenvalue weighted by molar-refractivity contribution is -0.154. The fourth-order valence-electron chi connectivity index (χ4n) is 3.77. The van der Waals surface area contributed by atoms with E-state index in [1.54, 1.807) is 13.8 Å². The quantitative estimate of drug-likeness (QED) is 0.354. The van der Waals surface area contributed by atoms with E-state index in [0.717, 1.165) is 11.8 Å². The van der Waals surface area contributed by atoms with Crippen LogP contribution < -0.4 is 6.15 Å². The maximum Gasteiger partial charge on any atom is 0.326 e. The van der Waals surface area contributed by atoms with Crippen LogP contribution >= 0.6 is 11.6 Å². The molecule has 2 fully saturated rings. The highest BCUT2D eigenvalue weighted by Gasteiger charge is 2.28. The highest BCUT2D eigenvalue weighted by atomic mass is 35.5. The minimum Gasteiger partial charge on any atom is -0.465 e. The van der Waals surface area contributed by atoms with E-state index in [1.165, 1.54) is 51.4 Å². The third-order valence-electron chi connectivity index (χ3n) is 6.27. The van der Waals surface area contributed by atoms with Gasteiger partial charge in [-0.1, -0.05) is 39.5 Å². The Morgan fingerprint density at radius 1 is 0.710 bits per heavy atom. The van der Waals surface area contributed by atoms with Gasteiger partial charge in [0, 0.05) is 0 Å². The van der Waals surface area contributed by atoms with Crippen LogP contribution in [0.3, 0.4) is 0 Å². The number of carbonyl (C=O) groups is 2. The summed E-state index contributed by atoms with van der Waals surface area (Å²) in [5.74, 6) is 2.47. The molecule has 2 rings (SSSR count). The molecule has 0 amide bonds. The smallest absolute Gasteiger partial charge is 0.326 e. The van der Waals surface area contributed by atoms with Gasteiger partial charge in [-0.15, -0.1) is 11.6 Å². The molecule has 2 aliphatic rings. The van der Waals surface area contributed by atoms with Crippen LogP contribution in [-0.4, -0.2) is 30.0 Å². The lowest BCUT2D eigenvalue weighted by atomic mass is 9.83. The van der Waals surface area contributed by atoms with Gasteiger partial charge in [0.1, 0.15) is 4.87 Å². The second kappa shape index (κ2) is 13.7. The van der Waals surface area contributed by atoms with Crippen molar-refractivity contribution in [1.29, 1.82) is 0 Å². The predicted octanol–water partition coefficient (Wildman–Crippen LogP) is 6.94. The van der Waals surface area contributed by atoms with E-state index in [0.29, 0.717) is 25.0 Å². The molecule has 0 saturated heterocycles. The zero-order valence-corrected chi connectivity index (χ0v) is 21.9. The molecule has 0 aromatic heterocycles. The fourth-order valence-corrected chi connectivity index (χ4v) is 3.82. The number of hydrogen-bond acceptors (Lipinski definition) is 5. The first-order chi connectivity index (χ1) is 13.8. The monoisotopic (exact) mass is 461 g/mol. The van der Waals surface area contributed by atoms with Gasteiger partial charge in [0.15, 0.2) is 0 Å². The highest BCUT2D eigenvalue weighted by Crippen LogP contribution is 2.30. The molecule has 2 saturated carbocycles.